The summed E-state index contributed by atoms with van der Waals surface area (Å²) >= 11 is 0. The monoisotopic (exact) mass is 702 g/mol. The topological polar surface area (TPSA) is 0 Å². The lowest BCUT2D eigenvalue weighted by Gasteiger charge is -2.29. The highest BCUT2D eigenvalue weighted by Gasteiger charge is 2.43. The van der Waals surface area contributed by atoms with Crippen LogP contribution in [0.2, 0.25) is 0 Å². The second-order valence-electron chi connectivity index (χ2n) is 16.9. The van der Waals surface area contributed by atoms with Gasteiger partial charge >= 0.3 is 0 Å². The van der Waals surface area contributed by atoms with E-state index < -0.39 is 0 Å². The molecule has 9 aromatic carbocycles. The lowest BCUT2D eigenvalue weighted by atomic mass is 9.74. The third-order valence-corrected chi connectivity index (χ3v) is 13.1. The van der Waals surface area contributed by atoms with Crippen molar-refractivity contribution in [3.63, 3.8) is 0 Å². The summed E-state index contributed by atoms with van der Waals surface area (Å²) in [7, 11) is 0. The van der Waals surface area contributed by atoms with Crippen LogP contribution in [0.5, 0.6) is 0 Å². The summed E-state index contributed by atoms with van der Waals surface area (Å²) < 4.78 is 0. The molecule has 0 amide bonds. The highest BCUT2D eigenvalue weighted by molar-refractivity contribution is 6.34. The van der Waals surface area contributed by atoms with E-state index in [-0.39, 0.29) is 10.8 Å². The van der Waals surface area contributed by atoms with Crippen LogP contribution in [0, 0.1) is 0 Å². The summed E-state index contributed by atoms with van der Waals surface area (Å²) in [5.74, 6) is 0. The van der Waals surface area contributed by atoms with Gasteiger partial charge in [0.25, 0.3) is 0 Å². The standard InChI is InChI=1S/C55H42/c1-7-16-32(17-8-2)38-26-42-48-44(28-38)52-51(41-25-35-21-13-15-23-37(35)31-47(41)54(52,3)4)43-27-39(33-18-10-9-11-19-33)29-45(49(43)48)53-50(42)40-24-34-20-12-14-22-36(34)30-46(40)55(53,5)6/h7-31H,1H2,2-6H3/b17-8-,32-16+. The van der Waals surface area contributed by atoms with E-state index >= 15 is 0 Å². The number of allylic oxidation sites excluding steroid dienone is 5. The Morgan fingerprint density at radius 2 is 0.964 bits per heavy atom. The molecule has 0 N–H and O–H groups in total. The molecule has 0 heteroatoms. The van der Waals surface area contributed by atoms with Crippen LogP contribution in [-0.4, -0.2) is 0 Å². The van der Waals surface area contributed by atoms with Gasteiger partial charge in [-0.25, -0.2) is 0 Å². The average molecular weight is 703 g/mol. The third kappa shape index (κ3) is 4.23. The number of hydrogen-bond donors (Lipinski definition) is 0. The summed E-state index contributed by atoms with van der Waals surface area (Å²) in [6, 6.07) is 48.7. The molecule has 0 aromatic heterocycles. The van der Waals surface area contributed by atoms with Gasteiger partial charge in [-0.2, -0.15) is 0 Å². The molecule has 262 valence electrons. The zero-order chi connectivity index (χ0) is 37.4. The zero-order valence-electron chi connectivity index (χ0n) is 32.1. The van der Waals surface area contributed by atoms with Gasteiger partial charge in [0.15, 0.2) is 0 Å². The number of rotatable bonds is 4. The molecule has 0 bridgehead atoms. The quantitative estimate of drug-likeness (QED) is 0.126. The Kier molecular flexibility index (Phi) is 6.53. The Bertz CT molecular complexity index is 3200. The SMILES string of the molecule is C=C/C=C(\C=C/C)c1cc2c3c(c4cc(-c5ccccc5)cc5c6c(c(c1)c2c54)C(C)(C)c1cc2ccccc2cc1-6)C(C)(C)c1cc2ccccc2cc1-3. The van der Waals surface area contributed by atoms with Gasteiger partial charge in [-0.05, 0) is 176 Å². The van der Waals surface area contributed by atoms with E-state index in [4.69, 9.17) is 0 Å². The van der Waals surface area contributed by atoms with Gasteiger partial charge in [-0.1, -0.05) is 137 Å². The summed E-state index contributed by atoms with van der Waals surface area (Å²) in [5.41, 5.74) is 15.6. The second-order valence-corrected chi connectivity index (χ2v) is 16.9. The molecule has 0 saturated carbocycles. The van der Waals surface area contributed by atoms with E-state index in [0.29, 0.717) is 0 Å². The van der Waals surface area contributed by atoms with Gasteiger partial charge in [0, 0.05) is 10.8 Å². The Morgan fingerprint density at radius 1 is 0.509 bits per heavy atom. The maximum Gasteiger partial charge on any atom is 0.0165 e. The van der Waals surface area contributed by atoms with Crippen molar-refractivity contribution in [2.45, 2.75) is 45.4 Å². The van der Waals surface area contributed by atoms with Crippen LogP contribution in [0.25, 0.3) is 92.8 Å². The van der Waals surface area contributed by atoms with E-state index in [1.54, 1.807) is 0 Å². The van der Waals surface area contributed by atoms with Crippen molar-refractivity contribution in [1.82, 2.24) is 0 Å². The van der Waals surface area contributed by atoms with E-state index in [1.165, 1.54) is 121 Å². The second kappa shape index (κ2) is 11.2. The first-order chi connectivity index (χ1) is 26.7. The van der Waals surface area contributed by atoms with Crippen LogP contribution in [0.4, 0.5) is 0 Å². The fourth-order valence-electron chi connectivity index (χ4n) is 10.7. The molecule has 0 saturated heterocycles. The van der Waals surface area contributed by atoms with Gasteiger partial charge in [0.05, 0.1) is 0 Å². The first-order valence-electron chi connectivity index (χ1n) is 19.7. The average Bonchev–Trinajstić information content (AvgIpc) is 3.58. The summed E-state index contributed by atoms with van der Waals surface area (Å²) in [5, 5.41) is 13.3. The molecule has 0 fully saturated rings. The van der Waals surface area contributed by atoms with E-state index in [0.717, 1.165) is 0 Å². The maximum atomic E-state index is 4.14. The molecule has 0 unspecified atom stereocenters. The van der Waals surface area contributed by atoms with E-state index in [1.807, 2.05) is 6.08 Å². The molecule has 2 aliphatic carbocycles. The number of hydrogen-bond acceptors (Lipinski definition) is 0. The fraction of sp³-hybridized carbons (Fsp3) is 0.127. The van der Waals surface area contributed by atoms with Crippen LogP contribution in [0.1, 0.15) is 62.4 Å². The summed E-state index contributed by atoms with van der Waals surface area (Å²) in [6.45, 7) is 16.1. The van der Waals surface area contributed by atoms with Crippen LogP contribution < -0.4 is 0 Å². The maximum absolute atomic E-state index is 4.14. The number of fused-ring (bicyclic) bond motifs is 12. The van der Waals surface area contributed by atoms with Gasteiger partial charge < -0.3 is 0 Å². The van der Waals surface area contributed by atoms with Gasteiger partial charge in [0.2, 0.25) is 0 Å². The lowest BCUT2D eigenvalue weighted by Crippen LogP contribution is -2.17. The van der Waals surface area contributed by atoms with Crippen LogP contribution in [0.3, 0.4) is 0 Å². The van der Waals surface area contributed by atoms with Crippen molar-refractivity contribution >= 4 is 59.4 Å². The largest absolute Gasteiger partial charge is 0.0990 e. The zero-order valence-corrected chi connectivity index (χ0v) is 32.1. The van der Waals surface area contributed by atoms with Gasteiger partial charge in [0.1, 0.15) is 0 Å². The fourth-order valence-corrected chi connectivity index (χ4v) is 10.7. The van der Waals surface area contributed by atoms with Crippen molar-refractivity contribution in [2.75, 3.05) is 0 Å². The Hall–Kier alpha value is -6.24. The molecular weight excluding hydrogens is 661 g/mol. The predicted molar refractivity (Wildman–Crippen MR) is 239 cm³/mol. The van der Waals surface area contributed by atoms with Crippen LogP contribution in [-0.2, 0) is 10.8 Å². The van der Waals surface area contributed by atoms with Crippen molar-refractivity contribution in [3.8, 4) is 33.4 Å². The van der Waals surface area contributed by atoms with Crippen molar-refractivity contribution in [2.24, 2.45) is 0 Å². The Morgan fingerprint density at radius 3 is 1.49 bits per heavy atom. The first kappa shape index (κ1) is 32.2. The Balaban J connectivity index is 1.43. The van der Waals surface area contributed by atoms with Crippen molar-refractivity contribution in [3.05, 3.63) is 186 Å². The van der Waals surface area contributed by atoms with E-state index in [2.05, 4.69) is 187 Å². The number of benzene rings is 9. The minimum atomic E-state index is -0.234. The Labute approximate surface area is 323 Å². The molecule has 0 spiro atoms. The molecule has 55 heavy (non-hydrogen) atoms. The van der Waals surface area contributed by atoms with Crippen LogP contribution >= 0.6 is 0 Å². The minimum Gasteiger partial charge on any atom is -0.0990 e. The molecule has 0 heterocycles. The molecular formula is C55H42. The summed E-state index contributed by atoms with van der Waals surface area (Å²) in [4.78, 5) is 0. The molecule has 0 atom stereocenters. The van der Waals surface area contributed by atoms with Gasteiger partial charge in [-0.3, -0.25) is 0 Å². The van der Waals surface area contributed by atoms with Crippen molar-refractivity contribution < 1.29 is 0 Å². The highest BCUT2D eigenvalue weighted by Crippen LogP contribution is 2.62. The normalized spacial score (nSPS) is 15.4. The lowest BCUT2D eigenvalue weighted by molar-refractivity contribution is 0.666. The minimum absolute atomic E-state index is 0.230. The van der Waals surface area contributed by atoms with Gasteiger partial charge in [-0.15, -0.1) is 0 Å². The molecule has 0 aliphatic heterocycles. The highest BCUT2D eigenvalue weighted by atomic mass is 14.5. The first-order valence-corrected chi connectivity index (χ1v) is 19.7. The molecule has 11 rings (SSSR count). The third-order valence-electron chi connectivity index (χ3n) is 13.1. The smallest absolute Gasteiger partial charge is 0.0165 e. The molecule has 9 aromatic rings. The van der Waals surface area contributed by atoms with E-state index in [9.17, 15) is 0 Å². The molecule has 0 radical (unpaired) electrons. The van der Waals surface area contributed by atoms with Crippen LogP contribution in [0.15, 0.2) is 158 Å². The van der Waals surface area contributed by atoms with Crippen molar-refractivity contribution in [1.29, 1.82) is 0 Å². The predicted octanol–water partition coefficient (Wildman–Crippen LogP) is 15.3. The molecule has 0 nitrogen and oxygen atoms in total. The summed E-state index contributed by atoms with van der Waals surface area (Å²) in [6.07, 6.45) is 8.47. The molecule has 2 aliphatic rings.